The van der Waals surface area contributed by atoms with Gasteiger partial charge in [-0.15, -0.1) is 0 Å². The number of hydrogen-bond acceptors (Lipinski definition) is 5. The lowest BCUT2D eigenvalue weighted by Gasteiger charge is -2.08. The van der Waals surface area contributed by atoms with Crippen molar-refractivity contribution in [2.24, 2.45) is 0 Å². The summed E-state index contributed by atoms with van der Waals surface area (Å²) in [6.45, 7) is 3.60. The summed E-state index contributed by atoms with van der Waals surface area (Å²) >= 11 is 0. The molecular formula is C18H14FN3O3S. The molecule has 0 radical (unpaired) electrons. The first kappa shape index (κ1) is 16.5. The van der Waals surface area contributed by atoms with Crippen LogP contribution in [0.25, 0.3) is 22.2 Å². The largest absolute Gasteiger partial charge is 0.361 e. The van der Waals surface area contributed by atoms with E-state index in [0.717, 1.165) is 21.7 Å². The molecule has 132 valence electrons. The van der Waals surface area contributed by atoms with E-state index in [1.165, 1.54) is 18.3 Å². The third kappa shape index (κ3) is 2.50. The number of hydrogen-bond donors (Lipinski definition) is 0. The lowest BCUT2D eigenvalue weighted by atomic mass is 10.1. The standard InChI is InChI=1S/C18H14FN3O3S/c1-11-18(12(2)25-21-11)13-9-17-16(20-10-13)7-8-22(17)26(23,24)15-5-3-14(19)4-6-15/h3-10H,1-2H3. The molecule has 0 unspecified atom stereocenters. The van der Waals surface area contributed by atoms with E-state index in [-0.39, 0.29) is 4.90 Å². The van der Waals surface area contributed by atoms with E-state index in [1.54, 1.807) is 25.3 Å². The molecule has 0 spiro atoms. The van der Waals surface area contributed by atoms with Crippen molar-refractivity contribution >= 4 is 21.1 Å². The zero-order chi connectivity index (χ0) is 18.5. The molecule has 0 N–H and O–H groups in total. The second-order valence-corrected chi connectivity index (χ2v) is 7.71. The third-order valence-electron chi connectivity index (χ3n) is 4.20. The quantitative estimate of drug-likeness (QED) is 0.549. The van der Waals surface area contributed by atoms with Crippen LogP contribution in [0.2, 0.25) is 0 Å². The van der Waals surface area contributed by atoms with Crippen LogP contribution in [0, 0.1) is 19.7 Å². The predicted octanol–water partition coefficient (Wildman–Crippen LogP) is 3.68. The molecule has 0 fully saturated rings. The van der Waals surface area contributed by atoms with Gasteiger partial charge in [-0.2, -0.15) is 0 Å². The van der Waals surface area contributed by atoms with Gasteiger partial charge in [0.05, 0.1) is 21.6 Å². The number of nitrogens with zero attached hydrogens (tertiary/aromatic N) is 3. The first-order chi connectivity index (χ1) is 12.4. The van der Waals surface area contributed by atoms with Crippen molar-refractivity contribution in [2.45, 2.75) is 18.7 Å². The third-order valence-corrected chi connectivity index (χ3v) is 5.90. The number of benzene rings is 1. The Kier molecular flexibility index (Phi) is 3.66. The van der Waals surface area contributed by atoms with E-state index in [2.05, 4.69) is 10.1 Å². The molecule has 0 saturated heterocycles. The summed E-state index contributed by atoms with van der Waals surface area (Å²) in [5.74, 6) is 0.131. The Labute approximate surface area is 148 Å². The minimum absolute atomic E-state index is 0.000794. The number of fused-ring (bicyclic) bond motifs is 1. The van der Waals surface area contributed by atoms with Crippen LogP contribution >= 0.6 is 0 Å². The van der Waals surface area contributed by atoms with Crippen molar-refractivity contribution in [1.82, 2.24) is 14.1 Å². The van der Waals surface area contributed by atoms with Crippen molar-refractivity contribution < 1.29 is 17.3 Å². The van der Waals surface area contributed by atoms with Gasteiger partial charge in [0, 0.05) is 23.5 Å². The van der Waals surface area contributed by atoms with E-state index in [1.807, 2.05) is 6.92 Å². The molecule has 0 aliphatic heterocycles. The summed E-state index contributed by atoms with van der Waals surface area (Å²) in [4.78, 5) is 4.35. The van der Waals surface area contributed by atoms with Crippen LogP contribution in [-0.4, -0.2) is 22.5 Å². The van der Waals surface area contributed by atoms with Gasteiger partial charge in [-0.1, -0.05) is 5.16 Å². The van der Waals surface area contributed by atoms with E-state index >= 15 is 0 Å². The van der Waals surface area contributed by atoms with Crippen molar-refractivity contribution in [2.75, 3.05) is 0 Å². The Morgan fingerprint density at radius 3 is 2.50 bits per heavy atom. The first-order valence-corrected chi connectivity index (χ1v) is 9.23. The maximum atomic E-state index is 13.1. The van der Waals surface area contributed by atoms with E-state index in [4.69, 9.17) is 4.52 Å². The van der Waals surface area contributed by atoms with Gasteiger partial charge in [0.1, 0.15) is 11.6 Å². The van der Waals surface area contributed by atoms with Gasteiger partial charge in [0.2, 0.25) is 0 Å². The molecule has 4 aromatic rings. The molecule has 0 amide bonds. The highest BCUT2D eigenvalue weighted by Gasteiger charge is 2.21. The Morgan fingerprint density at radius 2 is 1.85 bits per heavy atom. The Bertz CT molecular complexity index is 1210. The lowest BCUT2D eigenvalue weighted by molar-refractivity contribution is 0.393. The monoisotopic (exact) mass is 371 g/mol. The highest BCUT2D eigenvalue weighted by Crippen LogP contribution is 2.30. The van der Waals surface area contributed by atoms with Crippen LogP contribution in [0.1, 0.15) is 11.5 Å². The molecule has 0 saturated carbocycles. The zero-order valence-corrected chi connectivity index (χ0v) is 14.8. The normalized spacial score (nSPS) is 12.0. The Balaban J connectivity index is 1.92. The molecule has 0 aliphatic rings. The van der Waals surface area contributed by atoms with Gasteiger partial charge in [0.25, 0.3) is 10.0 Å². The SMILES string of the molecule is Cc1noc(C)c1-c1cnc2ccn(S(=O)(=O)c3ccc(F)cc3)c2c1. The zero-order valence-electron chi connectivity index (χ0n) is 14.0. The van der Waals surface area contributed by atoms with Crippen molar-refractivity contribution in [3.05, 3.63) is 66.1 Å². The molecule has 8 heteroatoms. The molecule has 4 rings (SSSR count). The number of aryl methyl sites for hydroxylation is 2. The van der Waals surface area contributed by atoms with Crippen molar-refractivity contribution in [3.8, 4) is 11.1 Å². The maximum Gasteiger partial charge on any atom is 0.268 e. The average Bonchev–Trinajstić information content (AvgIpc) is 3.18. The fraction of sp³-hybridized carbons (Fsp3) is 0.111. The summed E-state index contributed by atoms with van der Waals surface area (Å²) < 4.78 is 45.3. The van der Waals surface area contributed by atoms with Gasteiger partial charge >= 0.3 is 0 Å². The smallest absolute Gasteiger partial charge is 0.268 e. The Morgan fingerprint density at radius 1 is 1.12 bits per heavy atom. The number of aromatic nitrogens is 3. The second-order valence-electron chi connectivity index (χ2n) is 5.90. The average molecular weight is 371 g/mol. The molecular weight excluding hydrogens is 357 g/mol. The molecule has 3 heterocycles. The number of rotatable bonds is 3. The maximum absolute atomic E-state index is 13.1. The fourth-order valence-corrected chi connectivity index (χ4v) is 4.28. The molecule has 0 atom stereocenters. The molecule has 0 bridgehead atoms. The first-order valence-electron chi connectivity index (χ1n) is 7.79. The van der Waals surface area contributed by atoms with Crippen molar-refractivity contribution in [1.29, 1.82) is 0 Å². The highest BCUT2D eigenvalue weighted by atomic mass is 32.2. The predicted molar refractivity (Wildman–Crippen MR) is 93.7 cm³/mol. The molecule has 6 nitrogen and oxygen atoms in total. The number of halogens is 1. The van der Waals surface area contributed by atoms with Crippen LogP contribution in [0.5, 0.6) is 0 Å². The van der Waals surface area contributed by atoms with E-state index in [9.17, 15) is 12.8 Å². The van der Waals surface area contributed by atoms with Gasteiger partial charge in [-0.3, -0.25) is 4.98 Å². The topological polar surface area (TPSA) is 78.0 Å². The summed E-state index contributed by atoms with van der Waals surface area (Å²) in [6.07, 6.45) is 3.09. The summed E-state index contributed by atoms with van der Waals surface area (Å²) in [7, 11) is -3.87. The summed E-state index contributed by atoms with van der Waals surface area (Å²) in [5.41, 5.74) is 3.15. The van der Waals surface area contributed by atoms with E-state index in [0.29, 0.717) is 28.1 Å². The molecule has 1 aromatic carbocycles. The molecule has 3 aromatic heterocycles. The fourth-order valence-electron chi connectivity index (χ4n) is 2.95. The Hall–Kier alpha value is -3.00. The minimum atomic E-state index is -3.87. The van der Waals surface area contributed by atoms with E-state index < -0.39 is 15.8 Å². The summed E-state index contributed by atoms with van der Waals surface area (Å²) in [6, 6.07) is 8.06. The second kappa shape index (κ2) is 5.77. The van der Waals surface area contributed by atoms with Gasteiger partial charge in [-0.05, 0) is 50.2 Å². The summed E-state index contributed by atoms with van der Waals surface area (Å²) in [5, 5.41) is 3.92. The minimum Gasteiger partial charge on any atom is -0.361 e. The van der Waals surface area contributed by atoms with Gasteiger partial charge in [0.15, 0.2) is 0 Å². The van der Waals surface area contributed by atoms with Crippen LogP contribution in [0.4, 0.5) is 4.39 Å². The molecule has 0 aliphatic carbocycles. The van der Waals surface area contributed by atoms with Gasteiger partial charge < -0.3 is 4.52 Å². The molecule has 26 heavy (non-hydrogen) atoms. The number of pyridine rings is 1. The lowest BCUT2D eigenvalue weighted by Crippen LogP contribution is -2.11. The van der Waals surface area contributed by atoms with Crippen LogP contribution < -0.4 is 0 Å². The highest BCUT2D eigenvalue weighted by molar-refractivity contribution is 7.90. The van der Waals surface area contributed by atoms with Crippen LogP contribution in [0.15, 0.2) is 58.2 Å². The van der Waals surface area contributed by atoms with Gasteiger partial charge in [-0.25, -0.2) is 16.8 Å². The van der Waals surface area contributed by atoms with Crippen LogP contribution in [-0.2, 0) is 10.0 Å². The van der Waals surface area contributed by atoms with Crippen molar-refractivity contribution in [3.63, 3.8) is 0 Å². The van der Waals surface area contributed by atoms with Crippen LogP contribution in [0.3, 0.4) is 0 Å².